The summed E-state index contributed by atoms with van der Waals surface area (Å²) in [6.07, 6.45) is 0.188. The van der Waals surface area contributed by atoms with Crippen LogP contribution in [-0.4, -0.2) is 68.0 Å². The highest BCUT2D eigenvalue weighted by atomic mass is 32.2. The molecule has 1 unspecified atom stereocenters. The molecule has 2 atom stereocenters. The summed E-state index contributed by atoms with van der Waals surface area (Å²) < 4.78 is 5.25. The second-order valence-electron chi connectivity index (χ2n) is 8.05. The summed E-state index contributed by atoms with van der Waals surface area (Å²) in [4.78, 5) is 50.8. The topological polar surface area (TPSA) is 113 Å². The molecule has 2 aliphatic heterocycles. The van der Waals surface area contributed by atoms with Gasteiger partial charge in [-0.1, -0.05) is 6.07 Å². The first-order valence-corrected chi connectivity index (χ1v) is 12.7. The third kappa shape index (κ3) is 5.83. The first-order chi connectivity index (χ1) is 14.6. The number of aliphatic carboxylic acids is 1. The monoisotopic (exact) mass is 484 g/mol. The minimum atomic E-state index is -1.19. The molecule has 2 aliphatic rings. The second-order valence-corrected chi connectivity index (χ2v) is 11.2. The fourth-order valence-corrected chi connectivity index (χ4v) is 6.21. The van der Waals surface area contributed by atoms with Crippen LogP contribution in [0.15, 0.2) is 28.8 Å². The average Bonchev–Trinajstić information content (AvgIpc) is 3.16. The Morgan fingerprint density at radius 1 is 1.35 bits per heavy atom. The SMILES string of the molecule is CC(C)(C)OC(=O)CSCC1=C(C(=O)O)N2C(=O)C(NC(=O)Cc3cccs3)[C@H]2SC1. The number of fused-ring (bicyclic) bond motifs is 1. The molecule has 8 nitrogen and oxygen atoms in total. The van der Waals surface area contributed by atoms with Crippen molar-refractivity contribution in [3.05, 3.63) is 33.7 Å². The van der Waals surface area contributed by atoms with Gasteiger partial charge in [0.25, 0.3) is 5.91 Å². The molecule has 0 radical (unpaired) electrons. The third-order valence-electron chi connectivity index (χ3n) is 4.40. The van der Waals surface area contributed by atoms with Gasteiger partial charge in [-0.2, -0.15) is 0 Å². The quantitative estimate of drug-likeness (QED) is 0.426. The summed E-state index contributed by atoms with van der Waals surface area (Å²) in [5.41, 5.74) is -0.0439. The maximum atomic E-state index is 12.7. The number of amides is 2. The van der Waals surface area contributed by atoms with Crippen molar-refractivity contribution in [3.8, 4) is 0 Å². The summed E-state index contributed by atoms with van der Waals surface area (Å²) in [5, 5.41) is 13.9. The van der Waals surface area contributed by atoms with Crippen molar-refractivity contribution >= 4 is 58.6 Å². The van der Waals surface area contributed by atoms with Crippen LogP contribution in [0.5, 0.6) is 0 Å². The first kappa shape index (κ1) is 23.7. The van der Waals surface area contributed by atoms with Crippen LogP contribution >= 0.6 is 34.9 Å². The minimum absolute atomic E-state index is 0.0470. The van der Waals surface area contributed by atoms with Gasteiger partial charge in [0.2, 0.25) is 5.91 Å². The van der Waals surface area contributed by atoms with Gasteiger partial charge in [0.15, 0.2) is 0 Å². The molecular formula is C20H24N2O6S3. The molecule has 0 bridgehead atoms. The Hall–Kier alpha value is -1.98. The zero-order chi connectivity index (χ0) is 22.8. The molecule has 11 heteroatoms. The van der Waals surface area contributed by atoms with E-state index in [0.29, 0.717) is 17.1 Å². The largest absolute Gasteiger partial charge is 0.477 e. The Labute approximate surface area is 192 Å². The number of hydrogen-bond acceptors (Lipinski definition) is 8. The van der Waals surface area contributed by atoms with Crippen molar-refractivity contribution in [2.24, 2.45) is 0 Å². The molecule has 0 saturated carbocycles. The summed E-state index contributed by atoms with van der Waals surface area (Å²) in [7, 11) is 0. The van der Waals surface area contributed by atoms with E-state index >= 15 is 0 Å². The molecule has 3 rings (SSSR count). The van der Waals surface area contributed by atoms with Crippen LogP contribution in [0, 0.1) is 0 Å². The fraction of sp³-hybridized carbons (Fsp3) is 0.500. The maximum absolute atomic E-state index is 12.7. The van der Waals surface area contributed by atoms with Crippen LogP contribution in [0.1, 0.15) is 25.6 Å². The van der Waals surface area contributed by atoms with Crippen molar-refractivity contribution < 1.29 is 29.0 Å². The predicted octanol–water partition coefficient (Wildman–Crippen LogP) is 2.10. The van der Waals surface area contributed by atoms with Crippen LogP contribution in [0.4, 0.5) is 0 Å². The van der Waals surface area contributed by atoms with Gasteiger partial charge in [-0.25, -0.2) is 4.79 Å². The Morgan fingerprint density at radius 2 is 2.10 bits per heavy atom. The van der Waals surface area contributed by atoms with Gasteiger partial charge >= 0.3 is 11.9 Å². The van der Waals surface area contributed by atoms with E-state index in [-0.39, 0.29) is 29.7 Å². The van der Waals surface area contributed by atoms with Gasteiger partial charge < -0.3 is 15.2 Å². The highest BCUT2D eigenvalue weighted by Gasteiger charge is 2.54. The van der Waals surface area contributed by atoms with Crippen molar-refractivity contribution in [1.82, 2.24) is 10.2 Å². The summed E-state index contributed by atoms with van der Waals surface area (Å²) >= 11 is 4.13. The molecule has 0 spiro atoms. The van der Waals surface area contributed by atoms with E-state index in [0.717, 1.165) is 4.88 Å². The Balaban J connectivity index is 1.60. The molecule has 1 saturated heterocycles. The molecule has 31 heavy (non-hydrogen) atoms. The van der Waals surface area contributed by atoms with E-state index in [1.807, 2.05) is 17.5 Å². The van der Waals surface area contributed by atoms with Crippen LogP contribution in [0.25, 0.3) is 0 Å². The Morgan fingerprint density at radius 3 is 2.71 bits per heavy atom. The zero-order valence-corrected chi connectivity index (χ0v) is 19.8. The first-order valence-electron chi connectivity index (χ1n) is 9.58. The molecular weight excluding hydrogens is 460 g/mol. The average molecular weight is 485 g/mol. The number of thioether (sulfide) groups is 2. The lowest BCUT2D eigenvalue weighted by Gasteiger charge is -2.49. The van der Waals surface area contributed by atoms with E-state index in [2.05, 4.69) is 5.32 Å². The summed E-state index contributed by atoms with van der Waals surface area (Å²) in [6, 6.07) is 2.97. The highest BCUT2D eigenvalue weighted by molar-refractivity contribution is 8.01. The van der Waals surface area contributed by atoms with Crippen molar-refractivity contribution in [3.63, 3.8) is 0 Å². The van der Waals surface area contributed by atoms with Gasteiger partial charge in [-0.15, -0.1) is 34.9 Å². The van der Waals surface area contributed by atoms with Crippen molar-refractivity contribution in [1.29, 1.82) is 0 Å². The minimum Gasteiger partial charge on any atom is -0.477 e. The lowest BCUT2D eigenvalue weighted by atomic mass is 10.0. The van der Waals surface area contributed by atoms with Crippen molar-refractivity contribution in [2.75, 3.05) is 17.3 Å². The van der Waals surface area contributed by atoms with E-state index in [4.69, 9.17) is 4.74 Å². The number of rotatable bonds is 8. The van der Waals surface area contributed by atoms with Gasteiger partial charge in [0, 0.05) is 16.4 Å². The second kappa shape index (κ2) is 9.66. The Bertz CT molecular complexity index is 907. The molecule has 1 fully saturated rings. The number of thiophene rings is 1. The number of carbonyl (C=O) groups excluding carboxylic acids is 3. The number of nitrogens with one attached hydrogen (secondary N) is 1. The van der Waals surface area contributed by atoms with E-state index in [1.54, 1.807) is 20.8 Å². The number of esters is 1. The van der Waals surface area contributed by atoms with Crippen LogP contribution in [0.2, 0.25) is 0 Å². The number of β-lactam (4-membered cyclic amide) rings is 1. The molecule has 0 aliphatic carbocycles. The van der Waals surface area contributed by atoms with Crippen LogP contribution < -0.4 is 5.32 Å². The van der Waals surface area contributed by atoms with Crippen molar-refractivity contribution in [2.45, 2.75) is 44.2 Å². The summed E-state index contributed by atoms with van der Waals surface area (Å²) in [6.45, 7) is 5.34. The van der Waals surface area contributed by atoms with E-state index in [1.165, 1.54) is 39.8 Å². The number of hydrogen-bond donors (Lipinski definition) is 2. The number of carbonyl (C=O) groups is 4. The number of ether oxygens (including phenoxy) is 1. The fourth-order valence-electron chi connectivity index (χ4n) is 3.22. The summed E-state index contributed by atoms with van der Waals surface area (Å²) in [5.74, 6) is -1.44. The van der Waals surface area contributed by atoms with Gasteiger partial charge in [0.1, 0.15) is 22.7 Å². The number of carboxylic acid groups (broad SMARTS) is 1. The molecule has 1 aromatic rings. The van der Waals surface area contributed by atoms with Gasteiger partial charge in [0.05, 0.1) is 12.2 Å². The lowest BCUT2D eigenvalue weighted by molar-refractivity contribution is -0.151. The van der Waals surface area contributed by atoms with Crippen LogP contribution in [-0.2, 0) is 30.3 Å². The standard InChI is InChI=1S/C20H24N2O6S3/c1-20(2,3)28-14(24)10-29-8-11-9-31-18-15(17(25)22(18)16(11)19(26)27)21-13(23)7-12-5-4-6-30-12/h4-6,15,18H,7-10H2,1-3H3,(H,21,23)(H,26,27)/t15?,18-/m1/s1. The molecule has 0 aromatic carbocycles. The molecule has 2 N–H and O–H groups in total. The third-order valence-corrected chi connectivity index (χ3v) is 7.61. The van der Waals surface area contributed by atoms with Gasteiger partial charge in [-0.3, -0.25) is 19.3 Å². The highest BCUT2D eigenvalue weighted by Crippen LogP contribution is 2.41. The predicted molar refractivity (Wildman–Crippen MR) is 121 cm³/mol. The smallest absolute Gasteiger partial charge is 0.352 e. The van der Waals surface area contributed by atoms with Gasteiger partial charge in [-0.05, 0) is 37.8 Å². The molecule has 2 amide bonds. The maximum Gasteiger partial charge on any atom is 0.352 e. The molecule has 1 aromatic heterocycles. The lowest BCUT2D eigenvalue weighted by Crippen LogP contribution is -2.70. The number of carboxylic acids is 1. The van der Waals surface area contributed by atoms with Crippen LogP contribution in [0.3, 0.4) is 0 Å². The normalized spacial score (nSPS) is 20.7. The molecule has 3 heterocycles. The molecule has 168 valence electrons. The Kier molecular flexibility index (Phi) is 7.38. The zero-order valence-electron chi connectivity index (χ0n) is 17.4. The number of nitrogens with zero attached hydrogens (tertiary/aromatic N) is 1. The van der Waals surface area contributed by atoms with E-state index in [9.17, 15) is 24.3 Å². The van der Waals surface area contributed by atoms with E-state index < -0.39 is 28.9 Å².